The molecule has 0 aliphatic heterocycles. The van der Waals surface area contributed by atoms with Crippen LogP contribution < -0.4 is 5.69 Å². The fraction of sp³-hybridized carbons (Fsp3) is 0. The van der Waals surface area contributed by atoms with Crippen molar-refractivity contribution in [2.45, 2.75) is 0 Å². The van der Waals surface area contributed by atoms with E-state index in [1.54, 1.807) is 6.20 Å². The average molecular weight is 466 g/mol. The van der Waals surface area contributed by atoms with Gasteiger partial charge < -0.3 is 4.98 Å². The first kappa shape index (κ1) is 9.90. The molecule has 0 aliphatic carbocycles. The molecule has 4 nitrogen and oxygen atoms in total. The van der Waals surface area contributed by atoms with E-state index >= 15 is 0 Å². The Morgan fingerprint density at radius 2 is 2.23 bits per heavy atom. The lowest BCUT2D eigenvalue weighted by molar-refractivity contribution is 0.975. The van der Waals surface area contributed by atoms with Crippen molar-refractivity contribution in [3.05, 3.63) is 28.6 Å². The summed E-state index contributed by atoms with van der Waals surface area (Å²) in [6, 6.07) is 0. The highest BCUT2D eigenvalue weighted by Gasteiger charge is 2.11. The molecule has 0 saturated carbocycles. The second-order valence-corrected chi connectivity index (χ2v) is 5.19. The van der Waals surface area contributed by atoms with E-state index in [2.05, 4.69) is 71.1 Å². The molecule has 68 valence electrons. The molecule has 2 aromatic rings. The van der Waals surface area contributed by atoms with Crippen LogP contribution in [0.5, 0.6) is 0 Å². The van der Waals surface area contributed by atoms with Gasteiger partial charge in [-0.25, -0.2) is 14.2 Å². The van der Waals surface area contributed by atoms with E-state index in [0.717, 1.165) is 11.9 Å². The molecule has 0 saturated heterocycles. The van der Waals surface area contributed by atoms with Crippen LogP contribution in [0, 0.1) is 7.40 Å². The highest BCUT2D eigenvalue weighted by molar-refractivity contribution is 14.1. The van der Waals surface area contributed by atoms with E-state index in [0.29, 0.717) is 5.65 Å². The largest absolute Gasteiger partial charge is 0.332 e. The number of halogens is 3. The monoisotopic (exact) mass is 465 g/mol. The van der Waals surface area contributed by atoms with Crippen LogP contribution in [0.15, 0.2) is 15.5 Å². The maximum atomic E-state index is 11.4. The second-order valence-electron chi connectivity index (χ2n) is 2.29. The van der Waals surface area contributed by atoms with Crippen molar-refractivity contribution in [1.82, 2.24) is 14.4 Å². The molecule has 0 atom stereocenters. The van der Waals surface area contributed by atoms with Crippen LogP contribution in [-0.4, -0.2) is 14.4 Å². The van der Waals surface area contributed by atoms with Crippen LogP contribution in [-0.2, 0) is 0 Å². The first-order valence-corrected chi connectivity index (χ1v) is 6.17. The number of nitrogens with zero attached hydrogens (tertiary/aromatic N) is 2. The number of aromatic amines is 1. The van der Waals surface area contributed by atoms with Crippen LogP contribution in [0.1, 0.15) is 0 Å². The Kier molecular flexibility index (Phi) is 2.66. The van der Waals surface area contributed by atoms with E-state index in [9.17, 15) is 4.79 Å². The highest BCUT2D eigenvalue weighted by atomic mass is 127. The van der Waals surface area contributed by atoms with Crippen molar-refractivity contribution in [3.63, 3.8) is 0 Å². The smallest absolute Gasteiger partial charge is 0.313 e. The van der Waals surface area contributed by atoms with Gasteiger partial charge in [-0.15, -0.1) is 0 Å². The Bertz CT molecular complexity index is 532. The minimum absolute atomic E-state index is 0.169. The minimum Gasteiger partial charge on any atom is -0.313 e. The molecule has 0 unspecified atom stereocenters. The van der Waals surface area contributed by atoms with Crippen LogP contribution in [0.25, 0.3) is 5.65 Å². The predicted octanol–water partition coefficient (Wildman–Crippen LogP) is 1.99. The molecular formula is C6H2BrI2N3O. The van der Waals surface area contributed by atoms with E-state index in [1.807, 2.05) is 0 Å². The maximum absolute atomic E-state index is 11.4. The third kappa shape index (κ3) is 1.54. The molecule has 0 aromatic carbocycles. The predicted molar refractivity (Wildman–Crippen MR) is 68.9 cm³/mol. The molecule has 0 spiro atoms. The van der Waals surface area contributed by atoms with Crippen molar-refractivity contribution < 1.29 is 0 Å². The zero-order chi connectivity index (χ0) is 9.59. The molecule has 2 rings (SSSR count). The fourth-order valence-electron chi connectivity index (χ4n) is 0.974. The number of fused-ring (bicyclic) bond motifs is 1. The quantitative estimate of drug-likeness (QED) is 0.605. The van der Waals surface area contributed by atoms with Crippen LogP contribution >= 0.6 is 61.1 Å². The van der Waals surface area contributed by atoms with Crippen molar-refractivity contribution in [2.75, 3.05) is 0 Å². The average Bonchev–Trinajstić information content (AvgIpc) is 2.38. The molecule has 13 heavy (non-hydrogen) atoms. The van der Waals surface area contributed by atoms with Crippen LogP contribution in [0.4, 0.5) is 0 Å². The third-order valence-electron chi connectivity index (χ3n) is 1.52. The summed E-state index contributed by atoms with van der Waals surface area (Å²) in [6.45, 7) is 0. The van der Waals surface area contributed by atoms with Gasteiger partial charge in [-0.3, -0.25) is 0 Å². The fourth-order valence-corrected chi connectivity index (χ4v) is 2.39. The number of nitrogens with one attached hydrogen (secondary N) is 1. The number of rotatable bonds is 0. The third-order valence-corrected chi connectivity index (χ3v) is 4.88. The topological polar surface area (TPSA) is 50.2 Å². The molecule has 1 N–H and O–H groups in total. The number of aromatic nitrogens is 3. The standard InChI is InChI=1S/C6H2BrI2N3O/c7-2-1-10-6(13)12-4(9)3(8)11-5(2)12/h1H,(H,10,13). The molecule has 0 radical (unpaired) electrons. The zero-order valence-electron chi connectivity index (χ0n) is 6.01. The Morgan fingerprint density at radius 1 is 1.54 bits per heavy atom. The normalized spacial score (nSPS) is 11.0. The molecular weight excluding hydrogens is 464 g/mol. The van der Waals surface area contributed by atoms with Gasteiger partial charge in [-0.1, -0.05) is 0 Å². The molecule has 2 aromatic heterocycles. The van der Waals surface area contributed by atoms with Gasteiger partial charge in [0.15, 0.2) is 5.65 Å². The van der Waals surface area contributed by atoms with Gasteiger partial charge in [-0.05, 0) is 61.1 Å². The maximum Gasteiger partial charge on any atom is 0.332 e. The van der Waals surface area contributed by atoms with Crippen molar-refractivity contribution >= 4 is 66.8 Å². The Balaban J connectivity index is 3.09. The van der Waals surface area contributed by atoms with Gasteiger partial charge in [0.2, 0.25) is 0 Å². The summed E-state index contributed by atoms with van der Waals surface area (Å²) in [5.74, 6) is 0. The van der Waals surface area contributed by atoms with E-state index in [4.69, 9.17) is 0 Å². The van der Waals surface area contributed by atoms with Crippen LogP contribution in [0.2, 0.25) is 0 Å². The lowest BCUT2D eigenvalue weighted by atomic mass is 10.6. The van der Waals surface area contributed by atoms with Gasteiger partial charge in [-0.2, -0.15) is 0 Å². The van der Waals surface area contributed by atoms with Crippen LogP contribution in [0.3, 0.4) is 0 Å². The summed E-state index contributed by atoms with van der Waals surface area (Å²) in [5, 5.41) is 0. The molecule has 0 amide bonds. The van der Waals surface area contributed by atoms with Crippen molar-refractivity contribution in [2.24, 2.45) is 0 Å². The van der Waals surface area contributed by atoms with E-state index in [-0.39, 0.29) is 5.69 Å². The molecule has 2 heterocycles. The number of H-pyrrole nitrogens is 1. The number of imidazole rings is 1. The Hall–Kier alpha value is 0.360. The van der Waals surface area contributed by atoms with Gasteiger partial charge in [0, 0.05) is 6.20 Å². The first-order chi connectivity index (χ1) is 6.11. The SMILES string of the molecule is O=c1[nH]cc(Br)c2nc(I)c(I)n12. The minimum atomic E-state index is -0.169. The first-order valence-electron chi connectivity index (χ1n) is 3.22. The summed E-state index contributed by atoms with van der Waals surface area (Å²) in [7, 11) is 0. The summed E-state index contributed by atoms with van der Waals surface area (Å²) >= 11 is 7.51. The molecule has 7 heteroatoms. The molecule has 0 aliphatic rings. The number of hydrogen-bond acceptors (Lipinski definition) is 2. The van der Waals surface area contributed by atoms with Gasteiger partial charge >= 0.3 is 5.69 Å². The van der Waals surface area contributed by atoms with Gasteiger partial charge in [0.05, 0.1) is 4.47 Å². The van der Waals surface area contributed by atoms with E-state index < -0.39 is 0 Å². The molecule has 0 fully saturated rings. The summed E-state index contributed by atoms with van der Waals surface area (Å²) in [5.41, 5.74) is 0.482. The van der Waals surface area contributed by atoms with Crippen molar-refractivity contribution in [1.29, 1.82) is 0 Å². The Labute approximate surface area is 109 Å². The lowest BCUT2D eigenvalue weighted by Crippen LogP contribution is -2.16. The van der Waals surface area contributed by atoms with Crippen molar-refractivity contribution in [3.8, 4) is 0 Å². The summed E-state index contributed by atoms with van der Waals surface area (Å²) in [4.78, 5) is 18.3. The van der Waals surface area contributed by atoms with E-state index in [1.165, 1.54) is 4.40 Å². The van der Waals surface area contributed by atoms with Gasteiger partial charge in [0.25, 0.3) is 0 Å². The lowest BCUT2D eigenvalue weighted by Gasteiger charge is -1.94. The highest BCUT2D eigenvalue weighted by Crippen LogP contribution is 2.19. The zero-order valence-corrected chi connectivity index (χ0v) is 11.9. The number of hydrogen-bond donors (Lipinski definition) is 1. The Morgan fingerprint density at radius 3 is 2.85 bits per heavy atom. The second kappa shape index (κ2) is 3.50. The molecule has 0 bridgehead atoms. The summed E-state index contributed by atoms with van der Waals surface area (Å²) < 4.78 is 3.98. The van der Waals surface area contributed by atoms with Gasteiger partial charge in [0.1, 0.15) is 7.40 Å². The summed E-state index contributed by atoms with van der Waals surface area (Å²) in [6.07, 6.45) is 1.59.